The van der Waals surface area contributed by atoms with Crippen molar-refractivity contribution in [2.75, 3.05) is 11.1 Å². The van der Waals surface area contributed by atoms with E-state index in [1.165, 1.54) is 11.1 Å². The number of nitrogens with zero attached hydrogens (tertiary/aromatic N) is 4. The van der Waals surface area contributed by atoms with Crippen molar-refractivity contribution in [1.29, 1.82) is 5.26 Å². The molecule has 136 valence electrons. The molecule has 0 amide bonds. The maximum atomic E-state index is 9.53. The van der Waals surface area contributed by atoms with Gasteiger partial charge in [0.05, 0.1) is 17.0 Å². The summed E-state index contributed by atoms with van der Waals surface area (Å²) in [5.41, 5.74) is 5.23. The van der Waals surface area contributed by atoms with Gasteiger partial charge in [-0.3, -0.25) is 9.67 Å². The molecule has 27 heavy (non-hydrogen) atoms. The number of pyridine rings is 1. The van der Waals surface area contributed by atoms with Crippen LogP contribution >= 0.6 is 27.7 Å². The fraction of sp³-hybridized carbons (Fsp3) is 0.250. The van der Waals surface area contributed by atoms with E-state index in [-0.39, 0.29) is 11.3 Å². The van der Waals surface area contributed by atoms with Crippen LogP contribution in [0.25, 0.3) is 11.4 Å². The van der Waals surface area contributed by atoms with Gasteiger partial charge in [-0.1, -0.05) is 28.1 Å². The molecule has 5 nitrogen and oxygen atoms in total. The summed E-state index contributed by atoms with van der Waals surface area (Å²) in [4.78, 5) is 4.52. The van der Waals surface area contributed by atoms with Crippen molar-refractivity contribution >= 4 is 33.5 Å². The number of anilines is 1. The van der Waals surface area contributed by atoms with Gasteiger partial charge < -0.3 is 5.32 Å². The van der Waals surface area contributed by atoms with Crippen LogP contribution in [0, 0.1) is 18.3 Å². The zero-order chi connectivity index (χ0) is 19.0. The Labute approximate surface area is 170 Å². The Morgan fingerprint density at radius 1 is 1.33 bits per heavy atom. The third-order valence-electron chi connectivity index (χ3n) is 4.66. The van der Waals surface area contributed by atoms with Crippen LogP contribution in [0.5, 0.6) is 0 Å². The van der Waals surface area contributed by atoms with Gasteiger partial charge in [-0.05, 0) is 42.3 Å². The minimum atomic E-state index is -0.263. The highest BCUT2D eigenvalue weighted by Gasteiger charge is 2.32. The highest BCUT2D eigenvalue weighted by molar-refractivity contribution is 9.10. The maximum absolute atomic E-state index is 9.53. The lowest BCUT2D eigenvalue weighted by molar-refractivity contribution is 0.766. The number of nitriles is 1. The van der Waals surface area contributed by atoms with Crippen LogP contribution in [0.15, 0.2) is 47.1 Å². The van der Waals surface area contributed by atoms with E-state index >= 15 is 0 Å². The number of thioether (sulfide) groups is 1. The van der Waals surface area contributed by atoms with Crippen molar-refractivity contribution in [3.05, 3.63) is 63.8 Å². The van der Waals surface area contributed by atoms with Crippen LogP contribution in [0.1, 0.15) is 21.9 Å². The SMILES string of the molecule is Cc1cc(Br)ccc1[C@H]1SC[C@H](C#N)Nc2c1c(-c1ccccn1)nn2C. The molecular formula is C20H18BrN5S. The number of hydrogen-bond donors (Lipinski definition) is 1. The predicted octanol–water partition coefficient (Wildman–Crippen LogP) is 4.69. The largest absolute Gasteiger partial charge is 0.354 e. The monoisotopic (exact) mass is 439 g/mol. The van der Waals surface area contributed by atoms with Crippen LogP contribution in [0.3, 0.4) is 0 Å². The number of nitrogens with one attached hydrogen (secondary N) is 1. The van der Waals surface area contributed by atoms with Gasteiger partial charge in [0, 0.05) is 29.0 Å². The summed E-state index contributed by atoms with van der Waals surface area (Å²) in [5, 5.41) is 17.7. The van der Waals surface area contributed by atoms with Crippen LogP contribution in [0.4, 0.5) is 5.82 Å². The van der Waals surface area contributed by atoms with Crippen molar-refractivity contribution in [3.63, 3.8) is 0 Å². The quantitative estimate of drug-likeness (QED) is 0.626. The van der Waals surface area contributed by atoms with Gasteiger partial charge in [0.1, 0.15) is 17.6 Å². The van der Waals surface area contributed by atoms with Crippen molar-refractivity contribution in [2.45, 2.75) is 18.2 Å². The van der Waals surface area contributed by atoms with Crippen molar-refractivity contribution in [1.82, 2.24) is 14.8 Å². The highest BCUT2D eigenvalue weighted by Crippen LogP contribution is 2.47. The van der Waals surface area contributed by atoms with Gasteiger partial charge in [-0.15, -0.1) is 11.8 Å². The number of rotatable bonds is 2. The van der Waals surface area contributed by atoms with E-state index in [4.69, 9.17) is 5.10 Å². The topological polar surface area (TPSA) is 66.5 Å². The van der Waals surface area contributed by atoms with Gasteiger partial charge in [0.15, 0.2) is 0 Å². The average molecular weight is 440 g/mol. The first-order valence-corrected chi connectivity index (χ1v) is 10.4. The second-order valence-electron chi connectivity index (χ2n) is 6.49. The minimum absolute atomic E-state index is 0.0738. The number of hydrogen-bond acceptors (Lipinski definition) is 5. The molecule has 3 heterocycles. The Bertz CT molecular complexity index is 1020. The molecule has 0 saturated heterocycles. The van der Waals surface area contributed by atoms with E-state index in [1.54, 1.807) is 18.0 Å². The lowest BCUT2D eigenvalue weighted by atomic mass is 9.98. The van der Waals surface area contributed by atoms with E-state index in [1.807, 2.05) is 29.9 Å². The Hall–Kier alpha value is -2.30. The fourth-order valence-corrected chi connectivity index (χ4v) is 5.23. The summed E-state index contributed by atoms with van der Waals surface area (Å²) >= 11 is 5.33. The molecule has 1 N–H and O–H groups in total. The molecule has 4 rings (SSSR count). The number of benzene rings is 1. The van der Waals surface area contributed by atoms with Crippen LogP contribution in [-0.2, 0) is 7.05 Å². The number of aryl methyl sites for hydroxylation is 2. The Kier molecular flexibility index (Phi) is 4.94. The van der Waals surface area contributed by atoms with Crippen molar-refractivity contribution in [3.8, 4) is 17.5 Å². The molecule has 1 aliphatic rings. The summed E-state index contributed by atoms with van der Waals surface area (Å²) < 4.78 is 2.89. The minimum Gasteiger partial charge on any atom is -0.354 e. The molecule has 3 aromatic rings. The van der Waals surface area contributed by atoms with Crippen LogP contribution in [0.2, 0.25) is 0 Å². The Morgan fingerprint density at radius 2 is 2.19 bits per heavy atom. The smallest absolute Gasteiger partial charge is 0.130 e. The van der Waals surface area contributed by atoms with Crippen LogP contribution in [-0.4, -0.2) is 26.6 Å². The summed E-state index contributed by atoms with van der Waals surface area (Å²) in [7, 11) is 1.91. The molecule has 0 aliphatic carbocycles. The summed E-state index contributed by atoms with van der Waals surface area (Å²) in [6.45, 7) is 2.12. The molecule has 0 unspecified atom stereocenters. The number of aromatic nitrogens is 3. The molecule has 0 bridgehead atoms. The fourth-order valence-electron chi connectivity index (χ4n) is 3.38. The van der Waals surface area contributed by atoms with Gasteiger partial charge in [-0.25, -0.2) is 0 Å². The third-order valence-corrected chi connectivity index (χ3v) is 6.51. The molecule has 0 fully saturated rings. The molecule has 0 spiro atoms. The van der Waals surface area contributed by atoms with Gasteiger partial charge in [-0.2, -0.15) is 10.4 Å². The van der Waals surface area contributed by atoms with E-state index in [9.17, 15) is 5.26 Å². The van der Waals surface area contributed by atoms with E-state index in [0.717, 1.165) is 27.2 Å². The van der Waals surface area contributed by atoms with Crippen molar-refractivity contribution < 1.29 is 0 Å². The normalized spacial score (nSPS) is 18.9. The summed E-state index contributed by atoms with van der Waals surface area (Å²) in [5.74, 6) is 1.59. The summed E-state index contributed by atoms with van der Waals surface area (Å²) in [6.07, 6.45) is 1.78. The molecule has 1 aromatic carbocycles. The van der Waals surface area contributed by atoms with Gasteiger partial charge in [0.2, 0.25) is 0 Å². The second-order valence-corrected chi connectivity index (χ2v) is 8.54. The Balaban J connectivity index is 1.94. The molecule has 0 radical (unpaired) electrons. The van der Waals surface area contributed by atoms with E-state index in [0.29, 0.717) is 5.75 Å². The Morgan fingerprint density at radius 3 is 2.89 bits per heavy atom. The molecule has 2 atom stereocenters. The molecule has 7 heteroatoms. The lowest BCUT2D eigenvalue weighted by Crippen LogP contribution is -2.20. The second kappa shape index (κ2) is 7.37. The number of fused-ring (bicyclic) bond motifs is 1. The standard InChI is InChI=1S/C20H18BrN5S/c1-12-9-13(21)6-7-15(12)19-17-18(16-5-3-4-8-23-16)25-26(2)20(17)24-14(10-22)11-27-19/h3-9,14,19,24H,11H2,1-2H3/t14-,19+/m0/s1. The maximum Gasteiger partial charge on any atom is 0.130 e. The zero-order valence-corrected chi connectivity index (χ0v) is 17.4. The van der Waals surface area contributed by atoms with E-state index in [2.05, 4.69) is 57.4 Å². The predicted molar refractivity (Wildman–Crippen MR) is 113 cm³/mol. The summed E-state index contributed by atoms with van der Waals surface area (Å²) in [6, 6.07) is 14.3. The first kappa shape index (κ1) is 18.1. The lowest BCUT2D eigenvalue weighted by Gasteiger charge is -2.18. The van der Waals surface area contributed by atoms with Gasteiger partial charge >= 0.3 is 0 Å². The number of halogens is 1. The highest BCUT2D eigenvalue weighted by atomic mass is 79.9. The van der Waals surface area contributed by atoms with Crippen LogP contribution < -0.4 is 5.32 Å². The van der Waals surface area contributed by atoms with Gasteiger partial charge in [0.25, 0.3) is 0 Å². The van der Waals surface area contributed by atoms with Crippen molar-refractivity contribution in [2.24, 2.45) is 7.05 Å². The molecule has 0 saturated carbocycles. The third kappa shape index (κ3) is 3.35. The average Bonchev–Trinajstić information content (AvgIpc) is 2.86. The van der Waals surface area contributed by atoms with E-state index < -0.39 is 0 Å². The molecule has 2 aromatic heterocycles. The first-order chi connectivity index (χ1) is 13.1. The molecular weight excluding hydrogens is 422 g/mol. The zero-order valence-electron chi connectivity index (χ0n) is 15.0. The first-order valence-electron chi connectivity index (χ1n) is 8.60. The molecule has 1 aliphatic heterocycles.